The number of pyridine rings is 1. The van der Waals surface area contributed by atoms with E-state index in [4.69, 9.17) is 9.15 Å². The van der Waals surface area contributed by atoms with Gasteiger partial charge in [-0.15, -0.1) is 0 Å². The summed E-state index contributed by atoms with van der Waals surface area (Å²) in [5, 5.41) is 6.39. The zero-order valence-corrected chi connectivity index (χ0v) is 17.2. The van der Waals surface area contributed by atoms with Gasteiger partial charge in [-0.1, -0.05) is 6.07 Å². The molecule has 2 unspecified atom stereocenters. The van der Waals surface area contributed by atoms with Gasteiger partial charge in [0.1, 0.15) is 6.26 Å². The number of rotatable bonds is 4. The Labute approximate surface area is 174 Å². The molecule has 0 radical (unpaired) electrons. The molecule has 158 valence electrons. The highest BCUT2D eigenvalue weighted by Crippen LogP contribution is 2.57. The number of amides is 2. The highest BCUT2D eigenvalue weighted by Gasteiger charge is 2.59. The third kappa shape index (κ3) is 3.55. The van der Waals surface area contributed by atoms with Gasteiger partial charge in [0.15, 0.2) is 11.6 Å². The van der Waals surface area contributed by atoms with E-state index in [2.05, 4.69) is 20.6 Å². The van der Waals surface area contributed by atoms with Crippen LogP contribution in [-0.4, -0.2) is 33.0 Å². The van der Waals surface area contributed by atoms with Crippen LogP contribution in [0.25, 0.3) is 0 Å². The van der Waals surface area contributed by atoms with Crippen LogP contribution in [-0.2, 0) is 0 Å². The lowest BCUT2D eigenvalue weighted by molar-refractivity contribution is -0.0450. The fourth-order valence-corrected chi connectivity index (χ4v) is 6.24. The number of ether oxygens (including phenoxy) is 1. The number of carbonyl (C=O) groups excluding carboxylic acids is 2. The van der Waals surface area contributed by atoms with Crippen LogP contribution in [0.4, 0.5) is 4.79 Å². The predicted octanol–water partition coefficient (Wildman–Crippen LogP) is 3.30. The standard InChI is InChI=1S/C22H26N4O4/c1-13-4-3-5-18(23-13)30-20(28)26-22-9-15-6-16(10-22)8-21(7-15,12-22)25-19(27)17-11-29-14(2)24-17/h3-5,11,15-16H,6-10,12H2,1-2H3,(H,25,27)(H,26,28). The molecule has 30 heavy (non-hydrogen) atoms. The first-order valence-corrected chi connectivity index (χ1v) is 10.5. The number of aromatic nitrogens is 2. The van der Waals surface area contributed by atoms with Crippen molar-refractivity contribution in [2.45, 2.75) is 63.5 Å². The largest absolute Gasteiger partial charge is 0.448 e. The Morgan fingerprint density at radius 3 is 2.40 bits per heavy atom. The van der Waals surface area contributed by atoms with Crippen LogP contribution < -0.4 is 15.4 Å². The zero-order valence-electron chi connectivity index (χ0n) is 17.2. The SMILES string of the molecule is Cc1cccc(OC(=O)NC23CC4CC(C2)CC(NC(=O)c2coc(C)n2)(C4)C3)n1. The summed E-state index contributed by atoms with van der Waals surface area (Å²) in [5.74, 6) is 1.50. The van der Waals surface area contributed by atoms with E-state index in [1.54, 1.807) is 13.0 Å². The summed E-state index contributed by atoms with van der Waals surface area (Å²) in [6.45, 7) is 3.57. The molecule has 2 aromatic rings. The van der Waals surface area contributed by atoms with Gasteiger partial charge in [-0.3, -0.25) is 4.79 Å². The second-order valence-electron chi connectivity index (χ2n) is 9.36. The van der Waals surface area contributed by atoms with Gasteiger partial charge in [-0.25, -0.2) is 14.8 Å². The maximum atomic E-state index is 12.8. The molecule has 4 aliphatic rings. The van der Waals surface area contributed by atoms with E-state index in [1.165, 1.54) is 6.26 Å². The molecule has 2 amide bonds. The monoisotopic (exact) mass is 410 g/mol. The summed E-state index contributed by atoms with van der Waals surface area (Å²) in [5.41, 5.74) is 0.399. The van der Waals surface area contributed by atoms with Gasteiger partial charge in [0.05, 0.1) is 0 Å². The smallest absolute Gasteiger partial charge is 0.414 e. The molecule has 4 fully saturated rings. The molecular weight excluding hydrogens is 384 g/mol. The van der Waals surface area contributed by atoms with Crippen LogP contribution in [0.5, 0.6) is 5.88 Å². The number of carbonyl (C=O) groups is 2. The van der Waals surface area contributed by atoms with Gasteiger partial charge in [0.2, 0.25) is 5.88 Å². The van der Waals surface area contributed by atoms with Crippen LogP contribution in [0.2, 0.25) is 0 Å². The first-order chi connectivity index (χ1) is 14.3. The maximum Gasteiger partial charge on any atom is 0.414 e. The highest BCUT2D eigenvalue weighted by molar-refractivity contribution is 5.92. The molecular formula is C22H26N4O4. The molecule has 8 heteroatoms. The molecule has 0 spiro atoms. The van der Waals surface area contributed by atoms with E-state index in [9.17, 15) is 9.59 Å². The van der Waals surface area contributed by atoms with Crippen molar-refractivity contribution in [3.8, 4) is 5.88 Å². The lowest BCUT2D eigenvalue weighted by atomic mass is 9.50. The molecule has 4 bridgehead atoms. The van der Waals surface area contributed by atoms with Gasteiger partial charge < -0.3 is 19.8 Å². The van der Waals surface area contributed by atoms with Crippen molar-refractivity contribution in [3.63, 3.8) is 0 Å². The van der Waals surface area contributed by atoms with Crippen LogP contribution in [0, 0.1) is 25.7 Å². The average molecular weight is 410 g/mol. The minimum absolute atomic E-state index is 0.213. The number of aryl methyl sites for hydroxylation is 2. The molecule has 2 aromatic heterocycles. The van der Waals surface area contributed by atoms with E-state index in [0.29, 0.717) is 35.7 Å². The molecule has 2 heterocycles. The Bertz CT molecular complexity index is 987. The first kappa shape index (κ1) is 19.1. The number of nitrogens with zero attached hydrogens (tertiary/aromatic N) is 2. The molecule has 2 N–H and O–H groups in total. The van der Waals surface area contributed by atoms with E-state index < -0.39 is 6.09 Å². The highest BCUT2D eigenvalue weighted by atomic mass is 16.6. The molecule has 6 rings (SSSR count). The van der Waals surface area contributed by atoms with Crippen molar-refractivity contribution in [1.82, 2.24) is 20.6 Å². The second kappa shape index (κ2) is 6.82. The van der Waals surface area contributed by atoms with Crippen molar-refractivity contribution < 1.29 is 18.7 Å². The van der Waals surface area contributed by atoms with Crippen molar-refractivity contribution in [1.29, 1.82) is 0 Å². The Balaban J connectivity index is 1.32. The third-order valence-corrected chi connectivity index (χ3v) is 6.72. The Morgan fingerprint density at radius 1 is 1.07 bits per heavy atom. The maximum absolute atomic E-state index is 12.8. The summed E-state index contributed by atoms with van der Waals surface area (Å²) in [4.78, 5) is 33.9. The van der Waals surface area contributed by atoms with E-state index in [0.717, 1.165) is 37.8 Å². The third-order valence-electron chi connectivity index (χ3n) is 6.72. The molecule has 4 aliphatic carbocycles. The van der Waals surface area contributed by atoms with Crippen LogP contribution in [0.3, 0.4) is 0 Å². The number of nitrogens with one attached hydrogen (secondary N) is 2. The van der Waals surface area contributed by atoms with E-state index in [1.807, 2.05) is 19.1 Å². The Morgan fingerprint density at radius 2 is 1.77 bits per heavy atom. The van der Waals surface area contributed by atoms with Crippen LogP contribution in [0.15, 0.2) is 28.9 Å². The lowest BCUT2D eigenvalue weighted by Crippen LogP contribution is -2.70. The van der Waals surface area contributed by atoms with Crippen LogP contribution >= 0.6 is 0 Å². The molecule has 0 aromatic carbocycles. The summed E-state index contributed by atoms with van der Waals surface area (Å²) in [6, 6.07) is 5.34. The van der Waals surface area contributed by atoms with E-state index in [-0.39, 0.29) is 17.0 Å². The van der Waals surface area contributed by atoms with Gasteiger partial charge >= 0.3 is 6.09 Å². The van der Waals surface area contributed by atoms with Gasteiger partial charge in [-0.05, 0) is 63.4 Å². The summed E-state index contributed by atoms with van der Waals surface area (Å²) >= 11 is 0. The van der Waals surface area contributed by atoms with Gasteiger partial charge in [0.25, 0.3) is 5.91 Å². The fourth-order valence-electron chi connectivity index (χ4n) is 6.24. The number of oxazole rings is 1. The Kier molecular flexibility index (Phi) is 4.34. The summed E-state index contributed by atoms with van der Waals surface area (Å²) < 4.78 is 10.6. The molecule has 0 aliphatic heterocycles. The van der Waals surface area contributed by atoms with Crippen molar-refractivity contribution in [3.05, 3.63) is 41.7 Å². The topological polar surface area (TPSA) is 106 Å². The van der Waals surface area contributed by atoms with Crippen molar-refractivity contribution >= 4 is 12.0 Å². The summed E-state index contributed by atoms with van der Waals surface area (Å²) in [7, 11) is 0. The van der Waals surface area contributed by atoms with Crippen LogP contribution in [0.1, 0.15) is 60.6 Å². The molecule has 0 saturated heterocycles. The van der Waals surface area contributed by atoms with Gasteiger partial charge in [-0.2, -0.15) is 0 Å². The first-order valence-electron chi connectivity index (χ1n) is 10.5. The zero-order chi connectivity index (χ0) is 20.9. The quantitative estimate of drug-likeness (QED) is 0.801. The second-order valence-corrected chi connectivity index (χ2v) is 9.36. The number of hydrogen-bond acceptors (Lipinski definition) is 6. The van der Waals surface area contributed by atoms with Crippen molar-refractivity contribution in [2.24, 2.45) is 11.8 Å². The summed E-state index contributed by atoms with van der Waals surface area (Å²) in [6.07, 6.45) is 6.47. The lowest BCUT2D eigenvalue weighted by Gasteiger charge is -2.61. The minimum atomic E-state index is -0.483. The normalized spacial score (nSPS) is 31.4. The predicted molar refractivity (Wildman–Crippen MR) is 107 cm³/mol. The van der Waals surface area contributed by atoms with Gasteiger partial charge in [0, 0.05) is 29.8 Å². The van der Waals surface area contributed by atoms with E-state index >= 15 is 0 Å². The molecule has 4 saturated carbocycles. The molecule has 8 nitrogen and oxygen atoms in total. The number of hydrogen-bond donors (Lipinski definition) is 2. The van der Waals surface area contributed by atoms with Crippen molar-refractivity contribution in [2.75, 3.05) is 0 Å². The Hall–Kier alpha value is -2.90. The fraction of sp³-hybridized carbons (Fsp3) is 0.545. The minimum Gasteiger partial charge on any atom is -0.448 e. The molecule has 2 atom stereocenters. The average Bonchev–Trinajstić information content (AvgIpc) is 3.06.